The number of benzene rings is 2. The predicted octanol–water partition coefficient (Wildman–Crippen LogP) is 5.07. The second kappa shape index (κ2) is 10.8. The minimum atomic E-state index is -0.375. The van der Waals surface area contributed by atoms with Gasteiger partial charge in [-0.3, -0.25) is 4.98 Å². The quantitative estimate of drug-likeness (QED) is 0.443. The Bertz CT molecular complexity index is 894. The molecule has 0 amide bonds. The van der Waals surface area contributed by atoms with Crippen molar-refractivity contribution in [2.75, 3.05) is 0 Å². The average Bonchev–Trinajstić information content (AvgIpc) is 2.52. The van der Waals surface area contributed by atoms with Gasteiger partial charge in [-0.1, -0.05) is 32.0 Å². The molecule has 2 aromatic carbocycles. The number of hydrogen-bond donors (Lipinski definition) is 2. The zero-order chi connectivity index (χ0) is 20.1. The molecule has 2 N–H and O–H groups in total. The summed E-state index contributed by atoms with van der Waals surface area (Å²) < 4.78 is 0. The van der Waals surface area contributed by atoms with Crippen LogP contribution in [0, 0.1) is 33.8 Å². The number of aliphatic hydroxyl groups excluding tert-OH is 2. The Kier molecular flexibility index (Phi) is 9.46. The van der Waals surface area contributed by atoms with Gasteiger partial charge >= 0.3 is 0 Å². The smallest absolute Gasteiger partial charge is 0.0600 e. The van der Waals surface area contributed by atoms with Crippen LogP contribution < -0.4 is 0 Å². The molecule has 2 unspecified atom stereocenters. The number of rotatable bonds is 3. The second-order valence-corrected chi connectivity index (χ2v) is 7.53. The summed E-state index contributed by atoms with van der Waals surface area (Å²) in [5.41, 5.74) is 8.06. The summed E-state index contributed by atoms with van der Waals surface area (Å²) in [6.45, 7) is 11.8. The van der Waals surface area contributed by atoms with Gasteiger partial charge in [-0.15, -0.1) is 34.9 Å². The minimum absolute atomic E-state index is 0. The molecular formula is C24H30IrNO2-. The number of pyridine rings is 1. The topological polar surface area (TPSA) is 53.4 Å². The van der Waals surface area contributed by atoms with Gasteiger partial charge in [0.05, 0.1) is 17.7 Å². The van der Waals surface area contributed by atoms with E-state index < -0.39 is 0 Å². The molecule has 3 nitrogen and oxygen atoms in total. The summed E-state index contributed by atoms with van der Waals surface area (Å²) in [4.78, 5) is 4.82. The Labute approximate surface area is 182 Å². The molecule has 0 spiro atoms. The van der Waals surface area contributed by atoms with Crippen molar-refractivity contribution in [2.24, 2.45) is 0 Å². The third-order valence-electron chi connectivity index (χ3n) is 4.28. The van der Waals surface area contributed by atoms with Crippen LogP contribution in [-0.2, 0) is 20.1 Å². The Morgan fingerprint density at radius 3 is 2.07 bits per heavy atom. The summed E-state index contributed by atoms with van der Waals surface area (Å²) >= 11 is 0. The fourth-order valence-corrected chi connectivity index (χ4v) is 3.18. The van der Waals surface area contributed by atoms with Crippen LogP contribution in [0.3, 0.4) is 0 Å². The van der Waals surface area contributed by atoms with Crippen molar-refractivity contribution >= 4 is 10.9 Å². The van der Waals surface area contributed by atoms with Crippen LogP contribution in [0.4, 0.5) is 0 Å². The SMILES string of the molecule is CC(O)CC(C)O.Cc1[c-]c(-c2cc(C)c3ccc(C)cc3n2)cc(C)c1.[Ir]. The molecule has 153 valence electrons. The zero-order valence-corrected chi connectivity index (χ0v) is 19.9. The average molecular weight is 557 g/mol. The monoisotopic (exact) mass is 557 g/mol. The summed E-state index contributed by atoms with van der Waals surface area (Å²) in [6.07, 6.45) is -0.278. The maximum atomic E-state index is 8.56. The zero-order valence-electron chi connectivity index (χ0n) is 17.5. The summed E-state index contributed by atoms with van der Waals surface area (Å²) in [7, 11) is 0. The van der Waals surface area contributed by atoms with Gasteiger partial charge in [-0.05, 0) is 57.0 Å². The van der Waals surface area contributed by atoms with E-state index in [-0.39, 0.29) is 32.3 Å². The van der Waals surface area contributed by atoms with Crippen molar-refractivity contribution in [1.29, 1.82) is 0 Å². The molecular weight excluding hydrogens is 526 g/mol. The third kappa shape index (κ3) is 7.10. The van der Waals surface area contributed by atoms with Crippen LogP contribution in [0.15, 0.2) is 36.4 Å². The van der Waals surface area contributed by atoms with Crippen molar-refractivity contribution in [3.05, 3.63) is 64.7 Å². The van der Waals surface area contributed by atoms with E-state index in [1.807, 2.05) is 0 Å². The number of nitrogens with zero attached hydrogens (tertiary/aromatic N) is 1. The molecule has 3 aromatic rings. The first kappa shape index (κ1) is 24.5. The molecule has 0 saturated carbocycles. The summed E-state index contributed by atoms with van der Waals surface area (Å²) in [5.74, 6) is 0. The van der Waals surface area contributed by atoms with Gasteiger partial charge in [0.25, 0.3) is 0 Å². The number of hydrogen-bond acceptors (Lipinski definition) is 3. The summed E-state index contributed by atoms with van der Waals surface area (Å²) in [5, 5.41) is 18.4. The number of aromatic nitrogens is 1. The molecule has 0 aliphatic heterocycles. The molecule has 0 aliphatic rings. The van der Waals surface area contributed by atoms with Crippen molar-refractivity contribution < 1.29 is 30.3 Å². The van der Waals surface area contributed by atoms with Gasteiger partial charge in [0, 0.05) is 25.5 Å². The van der Waals surface area contributed by atoms with E-state index in [9.17, 15) is 0 Å². The van der Waals surface area contributed by atoms with Crippen molar-refractivity contribution in [2.45, 2.75) is 60.2 Å². The fourth-order valence-electron chi connectivity index (χ4n) is 3.18. The van der Waals surface area contributed by atoms with E-state index in [4.69, 9.17) is 15.2 Å². The summed E-state index contributed by atoms with van der Waals surface area (Å²) in [6, 6.07) is 16.3. The molecule has 3 rings (SSSR count). The number of fused-ring (bicyclic) bond motifs is 1. The Hall–Kier alpha value is -1.58. The van der Waals surface area contributed by atoms with E-state index in [0.29, 0.717) is 6.42 Å². The first-order valence-electron chi connectivity index (χ1n) is 9.40. The van der Waals surface area contributed by atoms with Gasteiger partial charge < -0.3 is 10.2 Å². The van der Waals surface area contributed by atoms with Crippen LogP contribution in [0.5, 0.6) is 0 Å². The molecule has 1 aromatic heterocycles. The van der Waals surface area contributed by atoms with Crippen molar-refractivity contribution in [1.82, 2.24) is 4.98 Å². The standard InChI is InChI=1S/C19H18N.C5H12O2.Ir/c1-12-5-6-17-15(4)11-18(20-19(17)10-12)16-8-13(2)7-14(3)9-16;1-4(6)3-5(2)7;/h5-8,10-11H,1-4H3;4-7H,3H2,1-2H3;/q-1;;. The molecule has 0 aliphatic carbocycles. The van der Waals surface area contributed by atoms with E-state index in [1.54, 1.807) is 13.8 Å². The number of aryl methyl sites for hydroxylation is 4. The van der Waals surface area contributed by atoms with Crippen LogP contribution in [-0.4, -0.2) is 27.4 Å². The van der Waals surface area contributed by atoms with Gasteiger partial charge in [0.1, 0.15) is 0 Å². The molecule has 0 bridgehead atoms. The van der Waals surface area contributed by atoms with E-state index in [1.165, 1.54) is 22.1 Å². The van der Waals surface area contributed by atoms with Crippen LogP contribution >= 0.6 is 0 Å². The molecule has 28 heavy (non-hydrogen) atoms. The Morgan fingerprint density at radius 1 is 0.893 bits per heavy atom. The molecule has 1 radical (unpaired) electrons. The van der Waals surface area contributed by atoms with Crippen LogP contribution in [0.1, 0.15) is 42.5 Å². The number of aliphatic hydroxyl groups is 2. The largest absolute Gasteiger partial charge is 0.393 e. The first-order chi connectivity index (χ1) is 12.7. The Balaban J connectivity index is 0.000000425. The maximum absolute atomic E-state index is 8.56. The van der Waals surface area contributed by atoms with Gasteiger partial charge in [-0.25, -0.2) is 0 Å². The van der Waals surface area contributed by atoms with E-state index in [0.717, 1.165) is 22.3 Å². The maximum Gasteiger partial charge on any atom is 0.0600 e. The van der Waals surface area contributed by atoms with Gasteiger partial charge in [-0.2, -0.15) is 0 Å². The minimum Gasteiger partial charge on any atom is -0.393 e. The van der Waals surface area contributed by atoms with E-state index >= 15 is 0 Å². The third-order valence-corrected chi connectivity index (χ3v) is 4.28. The molecule has 1 heterocycles. The van der Waals surface area contributed by atoms with Crippen LogP contribution in [0.25, 0.3) is 22.2 Å². The van der Waals surface area contributed by atoms with Gasteiger partial charge in [0.15, 0.2) is 0 Å². The second-order valence-electron chi connectivity index (χ2n) is 7.53. The molecule has 2 atom stereocenters. The van der Waals surface area contributed by atoms with Gasteiger partial charge in [0.2, 0.25) is 0 Å². The van der Waals surface area contributed by atoms with E-state index in [2.05, 4.69) is 70.2 Å². The Morgan fingerprint density at radius 2 is 1.54 bits per heavy atom. The van der Waals surface area contributed by atoms with Crippen molar-refractivity contribution in [3.63, 3.8) is 0 Å². The molecule has 0 saturated heterocycles. The first-order valence-corrected chi connectivity index (χ1v) is 9.40. The van der Waals surface area contributed by atoms with Crippen molar-refractivity contribution in [3.8, 4) is 11.3 Å². The molecule has 4 heteroatoms. The fraction of sp³-hybridized carbons (Fsp3) is 0.375. The normalized spacial score (nSPS) is 12.6. The molecule has 0 fully saturated rings. The predicted molar refractivity (Wildman–Crippen MR) is 113 cm³/mol. The van der Waals surface area contributed by atoms with Crippen LogP contribution in [0.2, 0.25) is 0 Å².